The van der Waals surface area contributed by atoms with E-state index in [9.17, 15) is 9.59 Å². The standard InChI is InChI=1S/C28H25ClN2O2/c1-17-12-14-21(15-13-17)31-20(4)16-24(32)25(27(31)22-10-5-6-11-23(22)29)28(33)30-26-18(2)8-7-9-19(26)3/h5-16H,1-4H3,(H,30,33). The number of aromatic nitrogens is 1. The minimum atomic E-state index is -0.465. The molecule has 5 heteroatoms. The molecule has 0 fully saturated rings. The van der Waals surface area contributed by atoms with Crippen molar-refractivity contribution in [2.75, 3.05) is 5.32 Å². The van der Waals surface area contributed by atoms with Crippen molar-refractivity contribution in [2.45, 2.75) is 27.7 Å². The minimum Gasteiger partial charge on any atom is -0.321 e. The van der Waals surface area contributed by atoms with Gasteiger partial charge in [-0.3, -0.25) is 9.59 Å². The van der Waals surface area contributed by atoms with Crippen LogP contribution in [0.3, 0.4) is 0 Å². The number of nitrogens with zero attached hydrogens (tertiary/aromatic N) is 1. The van der Waals surface area contributed by atoms with E-state index in [4.69, 9.17) is 11.6 Å². The summed E-state index contributed by atoms with van der Waals surface area (Å²) >= 11 is 6.59. The SMILES string of the molecule is Cc1ccc(-n2c(C)cc(=O)c(C(=O)Nc3c(C)cccc3C)c2-c2ccccc2Cl)cc1. The molecule has 0 aliphatic rings. The van der Waals surface area contributed by atoms with Gasteiger partial charge < -0.3 is 9.88 Å². The van der Waals surface area contributed by atoms with E-state index in [-0.39, 0.29) is 11.0 Å². The molecule has 0 saturated carbocycles. The molecular formula is C28H25ClN2O2. The van der Waals surface area contributed by atoms with E-state index in [2.05, 4.69) is 5.32 Å². The fourth-order valence-corrected chi connectivity index (χ4v) is 4.30. The predicted octanol–water partition coefficient (Wildman–Crippen LogP) is 6.64. The lowest BCUT2D eigenvalue weighted by molar-refractivity contribution is 0.102. The number of para-hydroxylation sites is 1. The summed E-state index contributed by atoms with van der Waals surface area (Å²) in [4.78, 5) is 26.9. The van der Waals surface area contributed by atoms with Crippen molar-refractivity contribution in [3.05, 3.63) is 116 Å². The summed E-state index contributed by atoms with van der Waals surface area (Å²) in [5.74, 6) is -0.465. The maximum Gasteiger partial charge on any atom is 0.261 e. The third-order valence-electron chi connectivity index (χ3n) is 5.77. The molecule has 4 aromatic rings. The molecule has 1 aromatic heterocycles. The van der Waals surface area contributed by atoms with Crippen LogP contribution >= 0.6 is 11.6 Å². The van der Waals surface area contributed by atoms with Crippen LogP contribution in [0.5, 0.6) is 0 Å². The lowest BCUT2D eigenvalue weighted by atomic mass is 10.0. The lowest BCUT2D eigenvalue weighted by Gasteiger charge is -2.22. The second-order valence-corrected chi connectivity index (χ2v) is 8.65. The Bertz CT molecular complexity index is 1400. The Morgan fingerprint density at radius 1 is 0.848 bits per heavy atom. The third kappa shape index (κ3) is 4.35. The third-order valence-corrected chi connectivity index (χ3v) is 6.10. The molecule has 0 unspecified atom stereocenters. The van der Waals surface area contributed by atoms with E-state index in [0.29, 0.717) is 27.7 Å². The monoisotopic (exact) mass is 456 g/mol. The number of anilines is 1. The van der Waals surface area contributed by atoms with Crippen LogP contribution in [-0.2, 0) is 0 Å². The number of aryl methyl sites for hydroxylation is 4. The number of amides is 1. The van der Waals surface area contributed by atoms with Crippen molar-refractivity contribution in [1.29, 1.82) is 0 Å². The Morgan fingerprint density at radius 2 is 1.48 bits per heavy atom. The highest BCUT2D eigenvalue weighted by molar-refractivity contribution is 6.33. The maximum absolute atomic E-state index is 13.6. The fraction of sp³-hybridized carbons (Fsp3) is 0.143. The Morgan fingerprint density at radius 3 is 2.12 bits per heavy atom. The zero-order chi connectivity index (χ0) is 23.7. The summed E-state index contributed by atoms with van der Waals surface area (Å²) in [5, 5.41) is 3.44. The first kappa shape index (κ1) is 22.6. The van der Waals surface area contributed by atoms with Crippen molar-refractivity contribution in [3.63, 3.8) is 0 Å². The van der Waals surface area contributed by atoms with Gasteiger partial charge in [-0.05, 0) is 57.0 Å². The van der Waals surface area contributed by atoms with Gasteiger partial charge >= 0.3 is 0 Å². The zero-order valence-corrected chi connectivity index (χ0v) is 19.8. The highest BCUT2D eigenvalue weighted by Gasteiger charge is 2.24. The minimum absolute atomic E-state index is 0.0527. The van der Waals surface area contributed by atoms with Gasteiger partial charge in [-0.1, -0.05) is 65.7 Å². The Kier molecular flexibility index (Phi) is 6.21. The Hall–Kier alpha value is -3.63. The molecule has 0 spiro atoms. The van der Waals surface area contributed by atoms with Gasteiger partial charge in [0.05, 0.1) is 5.69 Å². The molecule has 1 heterocycles. The van der Waals surface area contributed by atoms with Gasteiger partial charge in [0, 0.05) is 33.7 Å². The summed E-state index contributed by atoms with van der Waals surface area (Å²) in [5.41, 5.74) is 6.01. The molecule has 0 atom stereocenters. The summed E-state index contributed by atoms with van der Waals surface area (Å²) in [6, 6.07) is 22.5. The first-order valence-electron chi connectivity index (χ1n) is 10.7. The average molecular weight is 457 g/mol. The molecule has 0 aliphatic carbocycles. The van der Waals surface area contributed by atoms with Crippen molar-refractivity contribution < 1.29 is 4.79 Å². The van der Waals surface area contributed by atoms with Crippen LogP contribution < -0.4 is 10.7 Å². The summed E-state index contributed by atoms with van der Waals surface area (Å²) < 4.78 is 1.92. The number of rotatable bonds is 4. The molecule has 166 valence electrons. The molecule has 33 heavy (non-hydrogen) atoms. The number of carbonyl (C=O) groups is 1. The summed E-state index contributed by atoms with van der Waals surface area (Å²) in [6.07, 6.45) is 0. The number of benzene rings is 3. The first-order valence-corrected chi connectivity index (χ1v) is 11.1. The molecule has 3 aromatic carbocycles. The topological polar surface area (TPSA) is 51.1 Å². The molecule has 0 radical (unpaired) electrons. The van der Waals surface area contributed by atoms with Crippen molar-refractivity contribution in [1.82, 2.24) is 4.57 Å². The molecule has 0 saturated heterocycles. The second kappa shape index (κ2) is 9.08. The van der Waals surface area contributed by atoms with Gasteiger partial charge in [0.2, 0.25) is 0 Å². The average Bonchev–Trinajstić information content (AvgIpc) is 2.77. The second-order valence-electron chi connectivity index (χ2n) is 8.25. The Balaban J connectivity index is 2.02. The molecule has 1 N–H and O–H groups in total. The highest BCUT2D eigenvalue weighted by atomic mass is 35.5. The van der Waals surface area contributed by atoms with Crippen LogP contribution in [0.1, 0.15) is 32.7 Å². The lowest BCUT2D eigenvalue weighted by Crippen LogP contribution is -2.26. The smallest absolute Gasteiger partial charge is 0.261 e. The van der Waals surface area contributed by atoms with Gasteiger partial charge in [0.25, 0.3) is 5.91 Å². The van der Waals surface area contributed by atoms with Crippen LogP contribution in [0.2, 0.25) is 5.02 Å². The molecule has 1 amide bonds. The number of nitrogens with one attached hydrogen (secondary N) is 1. The van der Waals surface area contributed by atoms with Crippen LogP contribution in [0.25, 0.3) is 16.9 Å². The normalized spacial score (nSPS) is 10.8. The number of pyridine rings is 1. The molecule has 0 bridgehead atoms. The van der Waals surface area contributed by atoms with Gasteiger partial charge in [-0.2, -0.15) is 0 Å². The maximum atomic E-state index is 13.6. The van der Waals surface area contributed by atoms with Crippen LogP contribution in [0.15, 0.2) is 77.6 Å². The molecule has 4 rings (SSSR count). The first-order chi connectivity index (χ1) is 15.8. The van der Waals surface area contributed by atoms with Gasteiger partial charge in [0.15, 0.2) is 5.43 Å². The van der Waals surface area contributed by atoms with Crippen LogP contribution in [0.4, 0.5) is 5.69 Å². The van der Waals surface area contributed by atoms with Crippen molar-refractivity contribution in [2.24, 2.45) is 0 Å². The number of carbonyl (C=O) groups excluding carboxylic acids is 1. The van der Waals surface area contributed by atoms with Crippen molar-refractivity contribution >= 4 is 23.2 Å². The van der Waals surface area contributed by atoms with E-state index in [1.807, 2.05) is 92.9 Å². The Labute approximate surface area is 198 Å². The fourth-order valence-electron chi connectivity index (χ4n) is 4.07. The zero-order valence-electron chi connectivity index (χ0n) is 19.1. The van der Waals surface area contributed by atoms with Crippen LogP contribution in [0, 0.1) is 27.7 Å². The van der Waals surface area contributed by atoms with E-state index in [0.717, 1.165) is 22.4 Å². The number of hydrogen-bond acceptors (Lipinski definition) is 2. The van der Waals surface area contributed by atoms with E-state index < -0.39 is 5.91 Å². The number of hydrogen-bond donors (Lipinski definition) is 1. The van der Waals surface area contributed by atoms with Crippen molar-refractivity contribution in [3.8, 4) is 16.9 Å². The molecular weight excluding hydrogens is 432 g/mol. The van der Waals surface area contributed by atoms with Gasteiger partial charge in [-0.25, -0.2) is 0 Å². The number of halogens is 1. The summed E-state index contributed by atoms with van der Waals surface area (Å²) in [6.45, 7) is 7.73. The van der Waals surface area contributed by atoms with Crippen LogP contribution in [-0.4, -0.2) is 10.5 Å². The van der Waals surface area contributed by atoms with E-state index in [1.54, 1.807) is 6.07 Å². The van der Waals surface area contributed by atoms with Gasteiger partial charge in [0.1, 0.15) is 5.56 Å². The van der Waals surface area contributed by atoms with Gasteiger partial charge in [-0.15, -0.1) is 0 Å². The largest absolute Gasteiger partial charge is 0.321 e. The quantitative estimate of drug-likeness (QED) is 0.374. The molecule has 4 nitrogen and oxygen atoms in total. The highest BCUT2D eigenvalue weighted by Crippen LogP contribution is 2.33. The van der Waals surface area contributed by atoms with E-state index >= 15 is 0 Å². The predicted molar refractivity (Wildman–Crippen MR) is 136 cm³/mol. The molecule has 0 aliphatic heterocycles. The summed E-state index contributed by atoms with van der Waals surface area (Å²) in [7, 11) is 0. The van der Waals surface area contributed by atoms with E-state index in [1.165, 1.54) is 6.07 Å².